The van der Waals surface area contributed by atoms with Crippen LogP contribution in [0, 0.1) is 19.3 Å². The van der Waals surface area contributed by atoms with Crippen molar-refractivity contribution in [1.82, 2.24) is 14.9 Å². The summed E-state index contributed by atoms with van der Waals surface area (Å²) >= 11 is 1.14. The molecule has 0 aromatic carbocycles. The number of hydrogen-bond donors (Lipinski definition) is 2. The molecule has 0 spiro atoms. The molecule has 164 valence electrons. The van der Waals surface area contributed by atoms with E-state index >= 15 is 0 Å². The summed E-state index contributed by atoms with van der Waals surface area (Å²) in [6, 6.07) is 0. The number of nitrogens with zero attached hydrogens (tertiary/aromatic N) is 2. The van der Waals surface area contributed by atoms with Gasteiger partial charge in [-0.1, -0.05) is 5.92 Å². The highest BCUT2D eigenvalue weighted by Gasteiger charge is 2.21. The molecule has 1 atom stereocenters. The smallest absolute Gasteiger partial charge is 0.348 e. The second-order valence-corrected chi connectivity index (χ2v) is 7.57. The van der Waals surface area contributed by atoms with Gasteiger partial charge in [-0.3, -0.25) is 9.69 Å². The number of thiophene rings is 1. The molecule has 2 N–H and O–H groups in total. The third kappa shape index (κ3) is 6.35. The van der Waals surface area contributed by atoms with Crippen LogP contribution < -0.4 is 5.56 Å². The Morgan fingerprint density at radius 1 is 1.47 bits per heavy atom. The summed E-state index contributed by atoms with van der Waals surface area (Å²) in [6.45, 7) is 5.44. The van der Waals surface area contributed by atoms with Gasteiger partial charge in [0.2, 0.25) is 0 Å². The molecule has 1 unspecified atom stereocenters. The molecule has 0 aliphatic heterocycles. The van der Waals surface area contributed by atoms with Gasteiger partial charge in [0.25, 0.3) is 5.56 Å². The summed E-state index contributed by atoms with van der Waals surface area (Å²) in [5, 5.41) is 10.6. The molecule has 0 saturated heterocycles. The number of aliphatic hydroxyl groups is 1. The molecule has 0 amide bonds. The number of terminal acetylenes is 1. The largest absolute Gasteiger partial charge is 0.462 e. The summed E-state index contributed by atoms with van der Waals surface area (Å²) in [6.07, 6.45) is 4.38. The maximum absolute atomic E-state index is 12.6. The van der Waals surface area contributed by atoms with Crippen LogP contribution >= 0.6 is 11.3 Å². The topological polar surface area (TPSA) is 114 Å². The maximum atomic E-state index is 12.6. The van der Waals surface area contributed by atoms with Gasteiger partial charge in [-0.25, -0.2) is 9.78 Å². The first-order valence-electron chi connectivity index (χ1n) is 9.51. The van der Waals surface area contributed by atoms with E-state index < -0.39 is 12.1 Å². The van der Waals surface area contributed by atoms with Crippen LogP contribution in [0.3, 0.4) is 0 Å². The first kappa shape index (κ1) is 24.0. The molecule has 0 radical (unpaired) electrons. The fourth-order valence-electron chi connectivity index (χ4n) is 2.93. The van der Waals surface area contributed by atoms with Gasteiger partial charge in [0.15, 0.2) is 0 Å². The summed E-state index contributed by atoms with van der Waals surface area (Å²) in [5.41, 5.74) is 0.245. The van der Waals surface area contributed by atoms with Gasteiger partial charge < -0.3 is 24.3 Å². The van der Waals surface area contributed by atoms with Gasteiger partial charge >= 0.3 is 5.97 Å². The van der Waals surface area contributed by atoms with Crippen molar-refractivity contribution in [3.05, 3.63) is 26.6 Å². The summed E-state index contributed by atoms with van der Waals surface area (Å²) < 4.78 is 15.4. The average molecular weight is 438 g/mol. The van der Waals surface area contributed by atoms with Crippen LogP contribution in [0.5, 0.6) is 0 Å². The van der Waals surface area contributed by atoms with E-state index in [-0.39, 0.29) is 38.5 Å². The van der Waals surface area contributed by atoms with Crippen molar-refractivity contribution in [3.63, 3.8) is 0 Å². The average Bonchev–Trinajstić information content (AvgIpc) is 3.03. The Morgan fingerprint density at radius 2 is 2.23 bits per heavy atom. The predicted octanol–water partition coefficient (Wildman–Crippen LogP) is 0.929. The monoisotopic (exact) mass is 437 g/mol. The van der Waals surface area contributed by atoms with E-state index in [1.54, 1.807) is 21.0 Å². The molecule has 2 aromatic rings. The number of aromatic nitrogens is 2. The molecular formula is C20H27N3O6S. The van der Waals surface area contributed by atoms with Gasteiger partial charge in [0.05, 0.1) is 37.9 Å². The third-order valence-corrected chi connectivity index (χ3v) is 5.43. The van der Waals surface area contributed by atoms with Crippen molar-refractivity contribution in [2.24, 2.45) is 0 Å². The number of H-pyrrole nitrogens is 1. The molecule has 0 saturated carbocycles. The number of ether oxygens (including phenoxy) is 3. The number of carbonyl (C=O) groups is 1. The lowest BCUT2D eigenvalue weighted by Gasteiger charge is -2.24. The number of esters is 1. The van der Waals surface area contributed by atoms with Crippen LogP contribution in [-0.2, 0) is 20.8 Å². The quantitative estimate of drug-likeness (QED) is 0.286. The summed E-state index contributed by atoms with van der Waals surface area (Å²) in [7, 11) is 1.59. The fourth-order valence-corrected chi connectivity index (χ4v) is 4.02. The normalized spacial score (nSPS) is 12.3. The zero-order valence-corrected chi connectivity index (χ0v) is 18.2. The van der Waals surface area contributed by atoms with Crippen LogP contribution in [0.2, 0.25) is 0 Å². The zero-order chi connectivity index (χ0) is 22.1. The predicted molar refractivity (Wildman–Crippen MR) is 114 cm³/mol. The minimum atomic E-state index is -0.759. The summed E-state index contributed by atoms with van der Waals surface area (Å²) in [4.78, 5) is 34.8. The van der Waals surface area contributed by atoms with Crippen LogP contribution in [-0.4, -0.2) is 78.7 Å². The minimum absolute atomic E-state index is 0.101. The van der Waals surface area contributed by atoms with Crippen molar-refractivity contribution < 1.29 is 24.1 Å². The number of aromatic amines is 1. The lowest BCUT2D eigenvalue weighted by molar-refractivity contribution is 0.0202. The zero-order valence-electron chi connectivity index (χ0n) is 17.4. The Kier molecular flexibility index (Phi) is 9.42. The highest BCUT2D eigenvalue weighted by Crippen LogP contribution is 2.27. The van der Waals surface area contributed by atoms with E-state index in [1.165, 1.54) is 0 Å². The molecule has 30 heavy (non-hydrogen) atoms. The van der Waals surface area contributed by atoms with Gasteiger partial charge in [0.1, 0.15) is 22.1 Å². The second kappa shape index (κ2) is 11.8. The number of aliphatic hydroxyl groups excluding tert-OH is 1. The standard InChI is InChI=1S/C20H27N3O6S/c1-5-8-28-12-14(24)10-23(7-9-27-4)11-15-21-18(25)16-13(3)17(20(26)29-6-2)30-19(16)22-15/h1,14,24H,6-12H2,2-4H3,(H,21,22,25). The number of methoxy groups -OCH3 is 1. The maximum Gasteiger partial charge on any atom is 0.348 e. The van der Waals surface area contributed by atoms with Gasteiger partial charge in [-0.2, -0.15) is 0 Å². The molecule has 0 aliphatic carbocycles. The summed E-state index contributed by atoms with van der Waals surface area (Å²) in [5.74, 6) is 2.31. The number of carbonyl (C=O) groups excluding carboxylic acids is 1. The number of aryl methyl sites for hydroxylation is 1. The Morgan fingerprint density at radius 3 is 2.90 bits per heavy atom. The Balaban J connectivity index is 2.22. The molecule has 9 nitrogen and oxygen atoms in total. The molecule has 0 fully saturated rings. The Labute approximate surface area is 179 Å². The van der Waals surface area contributed by atoms with Crippen molar-refractivity contribution in [2.45, 2.75) is 26.5 Å². The van der Waals surface area contributed by atoms with Crippen molar-refractivity contribution in [3.8, 4) is 12.3 Å². The van der Waals surface area contributed by atoms with Gasteiger partial charge in [0, 0.05) is 20.2 Å². The lowest BCUT2D eigenvalue weighted by atomic mass is 10.2. The van der Waals surface area contributed by atoms with Crippen molar-refractivity contribution in [2.75, 3.05) is 46.6 Å². The SMILES string of the molecule is C#CCOCC(O)CN(CCOC)Cc1nc2sc(C(=O)OCC)c(C)c2c(=O)[nH]1. The van der Waals surface area contributed by atoms with E-state index in [0.29, 0.717) is 39.6 Å². The second-order valence-electron chi connectivity index (χ2n) is 6.57. The number of fused-ring (bicyclic) bond motifs is 1. The van der Waals surface area contributed by atoms with E-state index in [4.69, 9.17) is 20.6 Å². The molecule has 0 bridgehead atoms. The van der Waals surface area contributed by atoms with Crippen LogP contribution in [0.1, 0.15) is 28.0 Å². The van der Waals surface area contributed by atoms with E-state index in [2.05, 4.69) is 15.9 Å². The van der Waals surface area contributed by atoms with E-state index in [9.17, 15) is 14.7 Å². The number of nitrogens with one attached hydrogen (secondary N) is 1. The van der Waals surface area contributed by atoms with Crippen LogP contribution in [0.15, 0.2) is 4.79 Å². The van der Waals surface area contributed by atoms with Gasteiger partial charge in [-0.05, 0) is 19.4 Å². The van der Waals surface area contributed by atoms with Crippen LogP contribution in [0.25, 0.3) is 10.2 Å². The first-order chi connectivity index (χ1) is 14.4. The molecule has 2 rings (SSSR count). The molecule has 2 heterocycles. The van der Waals surface area contributed by atoms with Gasteiger partial charge in [-0.15, -0.1) is 17.8 Å². The van der Waals surface area contributed by atoms with E-state index in [1.807, 2.05) is 4.90 Å². The highest BCUT2D eigenvalue weighted by molar-refractivity contribution is 7.20. The Bertz CT molecular complexity index is 948. The first-order valence-corrected chi connectivity index (χ1v) is 10.3. The molecular weight excluding hydrogens is 410 g/mol. The molecule has 0 aliphatic rings. The number of hydrogen-bond acceptors (Lipinski definition) is 9. The molecule has 10 heteroatoms. The molecule has 2 aromatic heterocycles. The lowest BCUT2D eigenvalue weighted by Crippen LogP contribution is -2.37. The van der Waals surface area contributed by atoms with E-state index in [0.717, 1.165) is 11.3 Å². The fraction of sp³-hybridized carbons (Fsp3) is 0.550. The number of rotatable bonds is 12. The van der Waals surface area contributed by atoms with Crippen LogP contribution in [0.4, 0.5) is 0 Å². The highest BCUT2D eigenvalue weighted by atomic mass is 32.1. The Hall–Kier alpha value is -2.29. The van der Waals surface area contributed by atoms with Crippen molar-refractivity contribution in [1.29, 1.82) is 0 Å². The van der Waals surface area contributed by atoms with Crippen molar-refractivity contribution >= 4 is 27.5 Å². The third-order valence-electron chi connectivity index (χ3n) is 4.26. The minimum Gasteiger partial charge on any atom is -0.462 e.